The molecule has 0 radical (unpaired) electrons. The van der Waals surface area contributed by atoms with Crippen molar-refractivity contribution in [2.24, 2.45) is 29.6 Å². The quantitative estimate of drug-likeness (QED) is 0.280. The van der Waals surface area contributed by atoms with Gasteiger partial charge in [-0.3, -0.25) is 0 Å². The van der Waals surface area contributed by atoms with Crippen molar-refractivity contribution in [3.63, 3.8) is 0 Å². The van der Waals surface area contributed by atoms with E-state index in [4.69, 9.17) is 19.3 Å². The molecule has 0 saturated heterocycles. The Morgan fingerprint density at radius 2 is 1.63 bits per heavy atom. The predicted molar refractivity (Wildman–Crippen MR) is 135 cm³/mol. The number of fused-ring (bicyclic) bond motifs is 5. The van der Waals surface area contributed by atoms with Gasteiger partial charge in [-0.15, -0.1) is 0 Å². The Morgan fingerprint density at radius 3 is 2.29 bits per heavy atom. The van der Waals surface area contributed by atoms with Gasteiger partial charge >= 0.3 is 17.9 Å². The molecule has 8 heteroatoms. The number of carboxylic acids is 1. The lowest BCUT2D eigenvalue weighted by Crippen LogP contribution is -2.38. The number of benzene rings is 2. The highest BCUT2D eigenvalue weighted by Gasteiger charge is 2.55. The molecule has 204 valence electrons. The van der Waals surface area contributed by atoms with Crippen LogP contribution in [0.15, 0.2) is 54.6 Å². The molecule has 3 aliphatic carbocycles. The molecule has 3 fully saturated rings. The summed E-state index contributed by atoms with van der Waals surface area (Å²) in [5.74, 6) is -4.12. The zero-order valence-electron chi connectivity index (χ0n) is 21.6. The van der Waals surface area contributed by atoms with Crippen molar-refractivity contribution in [1.29, 1.82) is 0 Å². The Balaban J connectivity index is 1.24. The molecule has 38 heavy (non-hydrogen) atoms. The zero-order chi connectivity index (χ0) is 27.0. The van der Waals surface area contributed by atoms with Crippen LogP contribution in [0.5, 0.6) is 5.75 Å². The molecule has 2 aromatic carbocycles. The Hall–Kier alpha value is -3.00. The molecule has 7 unspecified atom stereocenters. The molecule has 0 amide bonds. The van der Waals surface area contributed by atoms with Gasteiger partial charge in [0.15, 0.2) is 0 Å². The lowest BCUT2D eigenvalue weighted by atomic mass is 9.80. The molecule has 7 atom stereocenters. The fourth-order valence-corrected chi connectivity index (χ4v) is 6.73. The van der Waals surface area contributed by atoms with Crippen molar-refractivity contribution in [2.75, 3.05) is 0 Å². The Labute approximate surface area is 221 Å². The summed E-state index contributed by atoms with van der Waals surface area (Å²) >= 11 is 0. The fourth-order valence-electron chi connectivity index (χ4n) is 6.73. The average molecular weight is 529 g/mol. The van der Waals surface area contributed by atoms with Crippen LogP contribution in [0.25, 0.3) is 0 Å². The van der Waals surface area contributed by atoms with Crippen molar-refractivity contribution in [3.05, 3.63) is 65.7 Å². The average Bonchev–Trinajstić information content (AvgIpc) is 3.62. The van der Waals surface area contributed by atoms with Gasteiger partial charge in [-0.25, -0.2) is 9.59 Å². The molecule has 0 spiro atoms. The van der Waals surface area contributed by atoms with E-state index in [0.717, 1.165) is 24.2 Å². The van der Waals surface area contributed by atoms with Gasteiger partial charge < -0.3 is 19.3 Å². The topological polar surface area (TPSA) is 82.1 Å². The first-order valence-electron chi connectivity index (χ1n) is 13.4. The van der Waals surface area contributed by atoms with Crippen molar-refractivity contribution in [3.8, 4) is 5.75 Å². The number of halogens is 2. The number of esters is 1. The number of carbonyl (C=O) groups is 2. The van der Waals surface area contributed by atoms with E-state index in [1.807, 2.05) is 13.8 Å². The lowest BCUT2D eigenvalue weighted by molar-refractivity contribution is -0.183. The highest BCUT2D eigenvalue weighted by Crippen LogP contribution is 2.59. The van der Waals surface area contributed by atoms with Crippen LogP contribution in [-0.4, -0.2) is 35.4 Å². The normalized spacial score (nSPS) is 27.7. The summed E-state index contributed by atoms with van der Waals surface area (Å²) in [5.41, 5.74) is -0.114. The number of carboxylic acid groups (broad SMARTS) is 1. The maximum Gasteiger partial charge on any atom is 0.382 e. The highest BCUT2D eigenvalue weighted by molar-refractivity contribution is 5.90. The number of alkyl halides is 2. The molecule has 0 aliphatic heterocycles. The molecule has 6 nitrogen and oxygen atoms in total. The van der Waals surface area contributed by atoms with Crippen LogP contribution >= 0.6 is 0 Å². The van der Waals surface area contributed by atoms with Crippen LogP contribution < -0.4 is 4.74 Å². The number of rotatable bonds is 10. The minimum Gasteiger partial charge on any atom is -0.477 e. The number of hydrogen-bond donors (Lipinski definition) is 1. The largest absolute Gasteiger partial charge is 0.477 e. The number of aliphatic carboxylic acids is 1. The minimum absolute atomic E-state index is 0.00173. The minimum atomic E-state index is -4.31. The molecule has 2 bridgehead atoms. The van der Waals surface area contributed by atoms with Crippen molar-refractivity contribution >= 4 is 11.9 Å². The van der Waals surface area contributed by atoms with Crippen molar-refractivity contribution < 1.29 is 37.7 Å². The van der Waals surface area contributed by atoms with Crippen LogP contribution in [0, 0.1) is 29.6 Å². The van der Waals surface area contributed by atoms with Crippen LogP contribution in [0.2, 0.25) is 0 Å². The smallest absolute Gasteiger partial charge is 0.382 e. The zero-order valence-corrected chi connectivity index (χ0v) is 21.6. The molecule has 3 saturated carbocycles. The van der Waals surface area contributed by atoms with Gasteiger partial charge in [0.25, 0.3) is 0 Å². The Bertz CT molecular complexity index is 1140. The van der Waals surface area contributed by atoms with Crippen LogP contribution in [0.1, 0.15) is 68.0 Å². The van der Waals surface area contributed by atoms with Gasteiger partial charge in [0, 0.05) is 5.92 Å². The first-order valence-corrected chi connectivity index (χ1v) is 13.4. The third-order valence-electron chi connectivity index (χ3n) is 8.50. The summed E-state index contributed by atoms with van der Waals surface area (Å²) in [6.45, 7) is 4.07. The van der Waals surface area contributed by atoms with Gasteiger partial charge in [0.05, 0.1) is 11.7 Å². The highest BCUT2D eigenvalue weighted by atomic mass is 19.3. The van der Waals surface area contributed by atoms with Crippen molar-refractivity contribution in [2.45, 2.75) is 70.4 Å². The lowest BCUT2D eigenvalue weighted by Gasteiger charge is -2.35. The molecule has 2 aromatic rings. The monoisotopic (exact) mass is 528 g/mol. The second kappa shape index (κ2) is 10.6. The van der Waals surface area contributed by atoms with Gasteiger partial charge in [-0.05, 0) is 79.2 Å². The predicted octanol–water partition coefficient (Wildman–Crippen LogP) is 6.51. The maximum atomic E-state index is 14.4. The van der Waals surface area contributed by atoms with E-state index < -0.39 is 30.3 Å². The summed E-state index contributed by atoms with van der Waals surface area (Å²) in [6, 6.07) is 13.1. The molecular formula is C30H34F2O6. The summed E-state index contributed by atoms with van der Waals surface area (Å²) in [5, 5.41) is 9.03. The van der Waals surface area contributed by atoms with E-state index >= 15 is 0 Å². The van der Waals surface area contributed by atoms with Gasteiger partial charge in [-0.2, -0.15) is 8.78 Å². The van der Waals surface area contributed by atoms with Crippen LogP contribution in [0.3, 0.4) is 0 Å². The van der Waals surface area contributed by atoms with Crippen molar-refractivity contribution in [1.82, 2.24) is 0 Å². The summed E-state index contributed by atoms with van der Waals surface area (Å²) in [6.07, 6.45) is 3.81. The van der Waals surface area contributed by atoms with E-state index in [2.05, 4.69) is 0 Å². The van der Waals surface area contributed by atoms with E-state index in [-0.39, 0.29) is 23.1 Å². The summed E-state index contributed by atoms with van der Waals surface area (Å²) in [7, 11) is 0. The maximum absolute atomic E-state index is 14.4. The van der Waals surface area contributed by atoms with Crippen LogP contribution in [0.4, 0.5) is 8.78 Å². The molecular weight excluding hydrogens is 494 g/mol. The van der Waals surface area contributed by atoms with E-state index in [9.17, 15) is 18.4 Å². The summed E-state index contributed by atoms with van der Waals surface area (Å²) in [4.78, 5) is 23.9. The summed E-state index contributed by atoms with van der Waals surface area (Å²) < 4.78 is 46.6. The standard InChI is InChI=1S/C30H34F2O6/c1-17(2)28(37-25-16-20-15-24(25)23-10-6-9-22(20)23)36-21-13-11-19(12-14-21)27(33)38-26(30(31,32)29(34)35)18-7-4-3-5-8-18/h3-5,7-8,11-14,17,20,22-26,28H,6,9-10,15-16H2,1-2H3,(H,34,35). The molecule has 3 aliphatic rings. The second-order valence-electron chi connectivity index (χ2n) is 11.2. The van der Waals surface area contributed by atoms with E-state index in [1.54, 1.807) is 18.2 Å². The van der Waals surface area contributed by atoms with Crippen LogP contribution in [-0.2, 0) is 14.3 Å². The van der Waals surface area contributed by atoms with Gasteiger partial charge in [-0.1, -0.05) is 50.6 Å². The SMILES string of the molecule is CC(C)C(Oc1ccc(C(=O)OC(c2ccccc2)C(F)(F)C(=O)O)cc1)OC1CC2CC1C1CCCC21. The van der Waals surface area contributed by atoms with E-state index in [0.29, 0.717) is 11.7 Å². The Morgan fingerprint density at radius 1 is 0.947 bits per heavy atom. The first-order chi connectivity index (χ1) is 18.1. The second-order valence-corrected chi connectivity index (χ2v) is 11.2. The molecule has 0 heterocycles. The fraction of sp³-hybridized carbons (Fsp3) is 0.533. The van der Waals surface area contributed by atoms with Gasteiger partial charge in [0.1, 0.15) is 5.75 Å². The molecule has 1 N–H and O–H groups in total. The number of ether oxygens (including phenoxy) is 3. The third kappa shape index (κ3) is 5.15. The van der Waals surface area contributed by atoms with E-state index in [1.165, 1.54) is 62.1 Å². The number of carbonyl (C=O) groups excluding carboxylic acids is 1. The molecule has 5 rings (SSSR count). The molecule has 0 aromatic heterocycles. The Kier molecular flexibility index (Phi) is 7.45. The third-order valence-corrected chi connectivity index (χ3v) is 8.50. The first kappa shape index (κ1) is 26.6. The number of hydrogen-bond acceptors (Lipinski definition) is 5. The van der Waals surface area contributed by atoms with Gasteiger partial charge in [0.2, 0.25) is 12.4 Å².